The maximum Gasteiger partial charge on any atom is 0.244 e. The fourth-order valence-electron chi connectivity index (χ4n) is 2.33. The van der Waals surface area contributed by atoms with Gasteiger partial charge in [0.1, 0.15) is 0 Å². The molecule has 1 unspecified atom stereocenters. The third-order valence-corrected chi connectivity index (χ3v) is 5.12. The average molecular weight is 257 g/mol. The Morgan fingerprint density at radius 3 is 3.00 bits per heavy atom. The Morgan fingerprint density at radius 2 is 2.35 bits per heavy atom. The summed E-state index contributed by atoms with van der Waals surface area (Å²) in [7, 11) is -3.31. The van der Waals surface area contributed by atoms with Crippen LogP contribution >= 0.6 is 0 Å². The van der Waals surface area contributed by atoms with Crippen molar-refractivity contribution < 1.29 is 8.42 Å². The van der Waals surface area contributed by atoms with Gasteiger partial charge in [-0.15, -0.1) is 0 Å². The van der Waals surface area contributed by atoms with E-state index in [1.54, 1.807) is 16.6 Å². The minimum atomic E-state index is -3.31. The van der Waals surface area contributed by atoms with Crippen molar-refractivity contribution in [2.75, 3.05) is 19.6 Å². The minimum Gasteiger partial charge on any atom is -0.366 e. The van der Waals surface area contributed by atoms with E-state index in [4.69, 9.17) is 5.73 Å². The molecule has 0 aliphatic carbocycles. The predicted octanol–water partition coefficient (Wildman–Crippen LogP) is 0.764. The number of hydrogen-bond donors (Lipinski definition) is 2. The summed E-state index contributed by atoms with van der Waals surface area (Å²) in [6.07, 6.45) is 6.07. The molecule has 96 valence electrons. The van der Waals surface area contributed by atoms with Crippen molar-refractivity contribution in [3.63, 3.8) is 0 Å². The molecule has 2 rings (SSSR count). The summed E-state index contributed by atoms with van der Waals surface area (Å²) in [4.78, 5) is 3.14. The van der Waals surface area contributed by atoms with Crippen molar-refractivity contribution >= 4 is 10.0 Å². The number of sulfonamides is 1. The summed E-state index contributed by atoms with van der Waals surface area (Å²) in [5, 5.41) is 0. The third kappa shape index (κ3) is 2.70. The summed E-state index contributed by atoms with van der Waals surface area (Å²) in [5.41, 5.74) is 5.54. The van der Waals surface area contributed by atoms with E-state index in [2.05, 4.69) is 4.98 Å². The lowest BCUT2D eigenvalue weighted by atomic mass is 9.96. The van der Waals surface area contributed by atoms with Gasteiger partial charge in [0.05, 0.1) is 4.90 Å². The molecule has 0 amide bonds. The smallest absolute Gasteiger partial charge is 0.244 e. The quantitative estimate of drug-likeness (QED) is 0.836. The van der Waals surface area contributed by atoms with Gasteiger partial charge < -0.3 is 10.7 Å². The van der Waals surface area contributed by atoms with Crippen LogP contribution in [0.3, 0.4) is 0 Å². The Balaban J connectivity index is 2.12. The second kappa shape index (κ2) is 5.20. The third-order valence-electron chi connectivity index (χ3n) is 3.26. The highest BCUT2D eigenvalue weighted by Gasteiger charge is 2.29. The van der Waals surface area contributed by atoms with E-state index in [1.165, 1.54) is 6.20 Å². The van der Waals surface area contributed by atoms with E-state index in [-0.39, 0.29) is 0 Å². The first-order valence-electron chi connectivity index (χ1n) is 5.97. The van der Waals surface area contributed by atoms with Crippen LogP contribution in [0.1, 0.15) is 19.3 Å². The molecule has 0 bridgehead atoms. The molecule has 1 fully saturated rings. The van der Waals surface area contributed by atoms with Crippen molar-refractivity contribution in [3.05, 3.63) is 18.5 Å². The highest BCUT2D eigenvalue weighted by molar-refractivity contribution is 7.89. The largest absolute Gasteiger partial charge is 0.366 e. The van der Waals surface area contributed by atoms with Gasteiger partial charge in [-0.05, 0) is 37.8 Å². The molecule has 1 atom stereocenters. The van der Waals surface area contributed by atoms with Crippen LogP contribution in [0.4, 0.5) is 0 Å². The molecule has 2 heterocycles. The fraction of sp³-hybridized carbons (Fsp3) is 0.636. The normalized spacial score (nSPS) is 22.8. The molecular weight excluding hydrogens is 238 g/mol. The fourth-order valence-corrected chi connectivity index (χ4v) is 3.87. The van der Waals surface area contributed by atoms with Gasteiger partial charge >= 0.3 is 0 Å². The number of H-pyrrole nitrogens is 1. The lowest BCUT2D eigenvalue weighted by Crippen LogP contribution is -2.40. The Labute approximate surface area is 102 Å². The molecule has 1 aliphatic heterocycles. The number of rotatable bonds is 4. The van der Waals surface area contributed by atoms with Gasteiger partial charge in [-0.1, -0.05) is 0 Å². The van der Waals surface area contributed by atoms with Crippen molar-refractivity contribution in [3.8, 4) is 0 Å². The summed E-state index contributed by atoms with van der Waals surface area (Å²) in [6.45, 7) is 1.85. The van der Waals surface area contributed by atoms with Gasteiger partial charge in [0.15, 0.2) is 0 Å². The van der Waals surface area contributed by atoms with Crippen molar-refractivity contribution in [2.24, 2.45) is 11.7 Å². The van der Waals surface area contributed by atoms with Gasteiger partial charge in [-0.2, -0.15) is 4.31 Å². The van der Waals surface area contributed by atoms with Crippen LogP contribution in [-0.4, -0.2) is 37.3 Å². The maximum atomic E-state index is 12.3. The predicted molar refractivity (Wildman–Crippen MR) is 65.9 cm³/mol. The first kappa shape index (κ1) is 12.6. The van der Waals surface area contributed by atoms with Crippen LogP contribution in [0.5, 0.6) is 0 Å². The first-order valence-corrected chi connectivity index (χ1v) is 7.41. The molecule has 0 saturated carbocycles. The number of piperidine rings is 1. The Hall–Kier alpha value is -0.850. The summed E-state index contributed by atoms with van der Waals surface area (Å²) < 4.78 is 26.1. The standard InChI is InChI=1S/C11H19N3O2S/c12-5-3-10-2-1-7-14(9-10)17(15,16)11-4-6-13-8-11/h4,6,8,10,13H,1-3,5,7,9,12H2. The molecule has 3 N–H and O–H groups in total. The van der Waals surface area contributed by atoms with E-state index in [0.29, 0.717) is 30.4 Å². The Kier molecular flexibility index (Phi) is 3.86. The second-order valence-corrected chi connectivity index (χ2v) is 6.43. The van der Waals surface area contributed by atoms with Gasteiger partial charge in [0.25, 0.3) is 0 Å². The Morgan fingerprint density at radius 1 is 1.53 bits per heavy atom. The van der Waals surface area contributed by atoms with Crippen LogP contribution in [0.25, 0.3) is 0 Å². The number of nitrogens with two attached hydrogens (primary N) is 1. The molecular formula is C11H19N3O2S. The maximum absolute atomic E-state index is 12.3. The molecule has 1 saturated heterocycles. The van der Waals surface area contributed by atoms with Crippen molar-refractivity contribution in [1.82, 2.24) is 9.29 Å². The molecule has 1 aromatic heterocycles. The molecule has 1 aromatic rings. The van der Waals surface area contributed by atoms with Gasteiger partial charge in [-0.25, -0.2) is 8.42 Å². The Bertz CT molecular complexity index is 439. The van der Waals surface area contributed by atoms with E-state index >= 15 is 0 Å². The molecule has 0 radical (unpaired) electrons. The molecule has 6 heteroatoms. The molecule has 0 spiro atoms. The van der Waals surface area contributed by atoms with Crippen LogP contribution < -0.4 is 5.73 Å². The zero-order chi connectivity index (χ0) is 12.3. The van der Waals surface area contributed by atoms with Crippen molar-refractivity contribution in [1.29, 1.82) is 0 Å². The second-order valence-electron chi connectivity index (χ2n) is 4.50. The monoisotopic (exact) mass is 257 g/mol. The first-order chi connectivity index (χ1) is 8.14. The average Bonchev–Trinajstić information content (AvgIpc) is 2.84. The highest BCUT2D eigenvalue weighted by Crippen LogP contribution is 2.24. The molecule has 1 aliphatic rings. The van der Waals surface area contributed by atoms with Crippen molar-refractivity contribution in [2.45, 2.75) is 24.2 Å². The number of hydrogen-bond acceptors (Lipinski definition) is 3. The number of aromatic nitrogens is 1. The van der Waals surface area contributed by atoms with Gasteiger partial charge in [0.2, 0.25) is 10.0 Å². The van der Waals surface area contributed by atoms with Crippen LogP contribution in [0, 0.1) is 5.92 Å². The lowest BCUT2D eigenvalue weighted by Gasteiger charge is -2.31. The SMILES string of the molecule is NCCC1CCCN(S(=O)(=O)c2cc[nH]c2)C1. The molecule has 5 nitrogen and oxygen atoms in total. The summed E-state index contributed by atoms with van der Waals surface area (Å²) >= 11 is 0. The van der Waals surface area contributed by atoms with Crippen LogP contribution in [0.15, 0.2) is 23.4 Å². The van der Waals surface area contributed by atoms with E-state index in [9.17, 15) is 8.42 Å². The topological polar surface area (TPSA) is 79.2 Å². The van der Waals surface area contributed by atoms with Crippen LogP contribution in [-0.2, 0) is 10.0 Å². The highest BCUT2D eigenvalue weighted by atomic mass is 32.2. The number of nitrogens with zero attached hydrogens (tertiary/aromatic N) is 1. The summed E-state index contributed by atoms with van der Waals surface area (Å²) in [6, 6.07) is 1.60. The van der Waals surface area contributed by atoms with E-state index < -0.39 is 10.0 Å². The molecule has 0 aromatic carbocycles. The van der Waals surface area contributed by atoms with Gasteiger partial charge in [0, 0.05) is 25.5 Å². The van der Waals surface area contributed by atoms with Gasteiger partial charge in [-0.3, -0.25) is 0 Å². The zero-order valence-electron chi connectivity index (χ0n) is 9.80. The van der Waals surface area contributed by atoms with E-state index in [0.717, 1.165) is 19.3 Å². The minimum absolute atomic E-state index is 0.353. The number of aromatic amines is 1. The van der Waals surface area contributed by atoms with Crippen LogP contribution in [0.2, 0.25) is 0 Å². The molecule has 17 heavy (non-hydrogen) atoms. The zero-order valence-corrected chi connectivity index (χ0v) is 10.6. The van der Waals surface area contributed by atoms with E-state index in [1.807, 2.05) is 0 Å². The number of nitrogens with one attached hydrogen (secondary N) is 1. The summed E-state index contributed by atoms with van der Waals surface area (Å²) in [5.74, 6) is 0.405. The lowest BCUT2D eigenvalue weighted by molar-refractivity contribution is 0.258.